The lowest BCUT2D eigenvalue weighted by Crippen LogP contribution is -2.41. The maximum atomic E-state index is 13.5. The quantitative estimate of drug-likeness (QED) is 0.0237. The van der Waals surface area contributed by atoms with Crippen LogP contribution in [0.2, 0.25) is 0 Å². The highest BCUT2D eigenvalue weighted by molar-refractivity contribution is 9.08. The van der Waals surface area contributed by atoms with Gasteiger partial charge in [-0.1, -0.05) is 99.1 Å². The second-order valence-electron chi connectivity index (χ2n) is 14.9. The van der Waals surface area contributed by atoms with E-state index in [-0.39, 0.29) is 29.9 Å². The Morgan fingerprint density at radius 2 is 1.28 bits per heavy atom. The van der Waals surface area contributed by atoms with Crippen LogP contribution < -0.4 is 16.0 Å². The van der Waals surface area contributed by atoms with Crippen LogP contribution in [0.4, 0.5) is 4.79 Å². The number of hydrogen-bond donors (Lipinski definition) is 5. The molecule has 1 aromatic heterocycles. The molecule has 0 bridgehead atoms. The van der Waals surface area contributed by atoms with Gasteiger partial charge in [-0.3, -0.25) is 14.4 Å². The van der Waals surface area contributed by atoms with Crippen molar-refractivity contribution in [3.05, 3.63) is 83.6 Å². The van der Waals surface area contributed by atoms with E-state index in [1.165, 1.54) is 12.0 Å². The van der Waals surface area contributed by atoms with E-state index in [2.05, 4.69) is 67.8 Å². The van der Waals surface area contributed by atoms with Gasteiger partial charge in [-0.05, 0) is 111 Å². The number of halogens is 1. The topological polar surface area (TPSA) is 197 Å². The number of carbonyl (C=O) groups excluding carboxylic acids is 4. The number of alkyl halides is 1. The molecule has 1 atom stereocenters. The Bertz CT molecular complexity index is 1750. The molecule has 2 rings (SSSR count). The zero-order valence-electron chi connectivity index (χ0n) is 47.8. The van der Waals surface area contributed by atoms with Crippen LogP contribution in [0.25, 0.3) is 10.9 Å². The summed E-state index contributed by atoms with van der Waals surface area (Å²) in [4.78, 5) is 52.9. The second-order valence-corrected chi connectivity index (χ2v) is 14.9. The average Bonchev–Trinajstić information content (AvgIpc) is 3.84. The molecule has 416 valence electrons. The molecule has 1 unspecified atom stereocenters. The number of methoxy groups -OCH3 is 1. The number of aromatic nitrogens is 1. The number of likely N-dealkylation sites (N-methyl/N-ethyl adjacent to an activating group) is 1. The van der Waals surface area contributed by atoms with Gasteiger partial charge < -0.3 is 59.8 Å². The number of ether oxygens (including phenoxy) is 5. The minimum Gasteiger partial charge on any atom is -0.453 e. The standard InChI is InChI=1S/C26H33N3O.C17H34N2O6.C5H11NO2.C2H7N.2C2H6.CH3Br/c1-8-17(4)11-14-25(19(6)18(5)9-2)29(10-3)26(30)24-16-22-15-21(20(7)27)12-13-23(22)28-24;1-3-5-16(20)19-7-9-23-11-13-25-15-14-24-12-10-22-8-6-17(21)18-4-2;1-4-6(2)5(7)8-3;1-3-2;3*1-2/h8-9,11-13,15-16,25,27-28H,1-2,10,14H2,3-7H3;3-15H2,1-2H3,(H,18,21)(H,19,20);4H2,1-3H3;3H,1-2H3;2*1-2H3;1H3/b17-11+,19-18+,27-20?;;;;;;. The molecule has 5 N–H and O–H groups in total. The Kier molecular flexibility index (Phi) is 57.3. The molecule has 0 aliphatic carbocycles. The highest BCUT2D eigenvalue weighted by Crippen LogP contribution is 2.24. The second kappa shape index (κ2) is 54.1. The summed E-state index contributed by atoms with van der Waals surface area (Å²) in [5.74, 6) is 1.84. The molecule has 4 amide bonds. The number of benzene rings is 1. The number of fused-ring (bicyclic) bond motifs is 1. The van der Waals surface area contributed by atoms with Gasteiger partial charge in [0.2, 0.25) is 11.8 Å². The summed E-state index contributed by atoms with van der Waals surface area (Å²) >= 11 is 2.94. The molecule has 1 aromatic carbocycles. The van der Waals surface area contributed by atoms with Crippen LogP contribution in [-0.2, 0) is 33.3 Å². The van der Waals surface area contributed by atoms with Crippen molar-refractivity contribution >= 4 is 56.4 Å². The first-order chi connectivity index (χ1) is 34.6. The fourth-order valence-corrected chi connectivity index (χ4v) is 5.56. The number of aromatic amines is 1. The predicted molar refractivity (Wildman–Crippen MR) is 306 cm³/mol. The van der Waals surface area contributed by atoms with Gasteiger partial charge in [-0.15, -0.1) is 0 Å². The number of allylic oxidation sites excluding steroid dienone is 4. The summed E-state index contributed by atoms with van der Waals surface area (Å²) in [7, 11) is 6.81. The van der Waals surface area contributed by atoms with Gasteiger partial charge in [0.1, 0.15) is 5.69 Å². The van der Waals surface area contributed by atoms with Crippen molar-refractivity contribution < 1.29 is 42.9 Å². The van der Waals surface area contributed by atoms with Gasteiger partial charge in [-0.25, -0.2) is 4.79 Å². The van der Waals surface area contributed by atoms with Crippen molar-refractivity contribution in [1.82, 2.24) is 30.7 Å². The highest BCUT2D eigenvalue weighted by Gasteiger charge is 2.26. The molecule has 16 nitrogen and oxygen atoms in total. The molecule has 0 saturated carbocycles. The van der Waals surface area contributed by atoms with E-state index < -0.39 is 0 Å². The lowest BCUT2D eigenvalue weighted by Gasteiger charge is -2.32. The molecule has 0 spiro atoms. The van der Waals surface area contributed by atoms with E-state index in [9.17, 15) is 19.2 Å². The first-order valence-corrected chi connectivity index (χ1v) is 26.8. The van der Waals surface area contributed by atoms with Crippen molar-refractivity contribution in [2.45, 2.75) is 115 Å². The van der Waals surface area contributed by atoms with E-state index >= 15 is 0 Å². The average molecular weight is 1080 g/mol. The molecule has 0 radical (unpaired) electrons. The molecule has 0 aliphatic rings. The highest BCUT2D eigenvalue weighted by atomic mass is 79.9. The molecule has 0 aliphatic heterocycles. The zero-order valence-corrected chi connectivity index (χ0v) is 49.4. The third-order valence-corrected chi connectivity index (χ3v) is 9.64. The van der Waals surface area contributed by atoms with E-state index in [0.717, 1.165) is 39.6 Å². The number of H-pyrrole nitrogens is 1. The van der Waals surface area contributed by atoms with Gasteiger partial charge in [0.15, 0.2) is 0 Å². The number of nitrogens with zero attached hydrogens (tertiary/aromatic N) is 2. The number of hydrogen-bond acceptors (Lipinski definition) is 11. The van der Waals surface area contributed by atoms with Crippen molar-refractivity contribution in [3.63, 3.8) is 0 Å². The third kappa shape index (κ3) is 39.0. The Morgan fingerprint density at radius 3 is 1.71 bits per heavy atom. The Morgan fingerprint density at radius 1 is 0.764 bits per heavy atom. The smallest absolute Gasteiger partial charge is 0.409 e. The molecule has 1 heterocycles. The maximum absolute atomic E-state index is 13.5. The minimum absolute atomic E-state index is 0.00220. The van der Waals surface area contributed by atoms with Gasteiger partial charge in [0.25, 0.3) is 5.91 Å². The summed E-state index contributed by atoms with van der Waals surface area (Å²) in [6.07, 6.45) is 8.01. The first-order valence-electron chi connectivity index (χ1n) is 25.2. The summed E-state index contributed by atoms with van der Waals surface area (Å²) in [5.41, 5.74) is 6.12. The molecular weight excluding hydrogens is 983 g/mol. The van der Waals surface area contributed by atoms with Crippen molar-refractivity contribution in [3.8, 4) is 0 Å². The predicted octanol–water partition coefficient (Wildman–Crippen LogP) is 10.5. The van der Waals surface area contributed by atoms with E-state index in [4.69, 9.17) is 24.4 Å². The van der Waals surface area contributed by atoms with Crippen LogP contribution in [0.1, 0.15) is 125 Å². The normalized spacial score (nSPS) is 10.8. The summed E-state index contributed by atoms with van der Waals surface area (Å²) in [6, 6.07) is 7.59. The number of nitrogens with one attached hydrogen (secondary N) is 5. The minimum atomic E-state index is -0.285. The van der Waals surface area contributed by atoms with Crippen LogP contribution in [0, 0.1) is 5.41 Å². The first kappa shape index (κ1) is 76.3. The van der Waals surface area contributed by atoms with Crippen LogP contribution in [0.15, 0.2) is 72.4 Å². The maximum Gasteiger partial charge on any atom is 0.409 e. The third-order valence-electron chi connectivity index (χ3n) is 9.64. The molecule has 0 fully saturated rings. The summed E-state index contributed by atoms with van der Waals surface area (Å²) in [6.45, 7) is 37.6. The van der Waals surface area contributed by atoms with Crippen molar-refractivity contribution in [2.24, 2.45) is 0 Å². The Balaban J connectivity index is -0.000000319. The molecular formula is C55H100BrN7O9. The van der Waals surface area contributed by atoms with Gasteiger partial charge in [0.05, 0.1) is 66.0 Å². The fourth-order valence-electron chi connectivity index (χ4n) is 5.56. The monoisotopic (exact) mass is 1080 g/mol. The summed E-state index contributed by atoms with van der Waals surface area (Å²) < 4.78 is 25.7. The number of carbonyl (C=O) groups is 4. The van der Waals surface area contributed by atoms with E-state index in [1.807, 2.05) is 130 Å². The Hall–Kier alpha value is -4.65. The lowest BCUT2D eigenvalue weighted by atomic mass is 9.97. The molecule has 0 saturated heterocycles. The van der Waals surface area contributed by atoms with Crippen LogP contribution >= 0.6 is 15.9 Å². The van der Waals surface area contributed by atoms with Crippen LogP contribution in [0.3, 0.4) is 0 Å². The zero-order chi connectivity index (χ0) is 56.3. The van der Waals surface area contributed by atoms with Crippen LogP contribution in [-0.4, -0.2) is 163 Å². The SMILES string of the molecule is C=C/C(C)=C/CC(/C(C)=C(\C)C=C)N(CC)C(=O)c1cc2cc(C(C)=N)ccc2[nH]1.CBr.CC.CC.CCCC(=O)NCCOCCOCCOCCOCCC(=O)NCC.CCN(C)C(=O)OC.CNC. The molecule has 17 heteroatoms. The van der Waals surface area contributed by atoms with Crippen molar-refractivity contribution in [2.75, 3.05) is 113 Å². The Labute approximate surface area is 445 Å². The van der Waals surface area contributed by atoms with Gasteiger partial charge in [0, 0.05) is 62.7 Å². The lowest BCUT2D eigenvalue weighted by molar-refractivity contribution is -0.122. The van der Waals surface area contributed by atoms with Gasteiger partial charge in [-0.2, -0.15) is 0 Å². The largest absolute Gasteiger partial charge is 0.453 e. The summed E-state index contributed by atoms with van der Waals surface area (Å²) in [5, 5.41) is 17.0. The number of amides is 4. The fraction of sp³-hybridized carbons (Fsp3) is 0.618. The van der Waals surface area contributed by atoms with Crippen LogP contribution in [0.5, 0.6) is 0 Å². The van der Waals surface area contributed by atoms with Crippen molar-refractivity contribution in [1.29, 1.82) is 5.41 Å². The van der Waals surface area contributed by atoms with E-state index in [0.29, 0.717) is 110 Å². The van der Waals surface area contributed by atoms with E-state index in [1.54, 1.807) is 14.0 Å². The van der Waals surface area contributed by atoms with Gasteiger partial charge >= 0.3 is 6.09 Å². The number of rotatable bonds is 28. The molecule has 72 heavy (non-hydrogen) atoms. The molecule has 2 aromatic rings.